The molecule has 4 heteroatoms. The van der Waals surface area contributed by atoms with Crippen molar-refractivity contribution < 1.29 is 14.7 Å². The Hall–Kier alpha value is -1.84. The molecule has 4 nitrogen and oxygen atoms in total. The molecule has 0 aromatic heterocycles. The van der Waals surface area contributed by atoms with Crippen molar-refractivity contribution in [3.63, 3.8) is 0 Å². The fourth-order valence-electron chi connectivity index (χ4n) is 3.70. The molecule has 0 bridgehead atoms. The van der Waals surface area contributed by atoms with Crippen molar-refractivity contribution in [3.8, 4) is 0 Å². The van der Waals surface area contributed by atoms with Crippen molar-refractivity contribution in [1.29, 1.82) is 0 Å². The van der Waals surface area contributed by atoms with Crippen LogP contribution in [0.1, 0.15) is 31.2 Å². The molecule has 2 aliphatic rings. The van der Waals surface area contributed by atoms with E-state index in [2.05, 4.69) is 5.32 Å². The number of amides is 1. The fraction of sp³-hybridized carbons (Fsp3) is 0.529. The Labute approximate surface area is 124 Å². The van der Waals surface area contributed by atoms with Gasteiger partial charge in [0.1, 0.15) is 6.04 Å². The first-order valence-electron chi connectivity index (χ1n) is 7.74. The number of nitrogens with one attached hydrogen (secondary N) is 1. The average molecular weight is 287 g/mol. The molecule has 1 aromatic carbocycles. The van der Waals surface area contributed by atoms with Gasteiger partial charge in [-0.15, -0.1) is 0 Å². The summed E-state index contributed by atoms with van der Waals surface area (Å²) in [5.41, 5.74) is 0.929. The van der Waals surface area contributed by atoms with E-state index in [1.807, 2.05) is 30.3 Å². The van der Waals surface area contributed by atoms with Gasteiger partial charge in [0.25, 0.3) is 0 Å². The van der Waals surface area contributed by atoms with Gasteiger partial charge in [0.05, 0.1) is 0 Å². The smallest absolute Gasteiger partial charge is 0.326 e. The van der Waals surface area contributed by atoms with Crippen LogP contribution in [0, 0.1) is 17.8 Å². The standard InChI is InChI=1S/C17H21NO3/c19-16(15-12-8-4-5-9-13(12)15)18-14(17(20)21)10-11-6-2-1-3-7-11/h1-3,6-7,12-15H,4-5,8-10H2,(H,18,19)(H,20,21)/t12?,13?,14-,15?/m1/s1. The predicted octanol–water partition coefficient (Wildman–Crippen LogP) is 2.23. The highest BCUT2D eigenvalue weighted by atomic mass is 16.4. The second-order valence-corrected chi connectivity index (χ2v) is 6.23. The van der Waals surface area contributed by atoms with Crippen LogP contribution in [-0.4, -0.2) is 23.0 Å². The van der Waals surface area contributed by atoms with Crippen LogP contribution in [0.15, 0.2) is 30.3 Å². The maximum Gasteiger partial charge on any atom is 0.326 e. The van der Waals surface area contributed by atoms with Crippen molar-refractivity contribution in [2.75, 3.05) is 0 Å². The van der Waals surface area contributed by atoms with E-state index in [-0.39, 0.29) is 11.8 Å². The van der Waals surface area contributed by atoms with Crippen molar-refractivity contribution in [1.82, 2.24) is 5.32 Å². The highest BCUT2D eigenvalue weighted by Crippen LogP contribution is 2.55. The third-order valence-electron chi connectivity index (χ3n) is 4.86. The number of rotatable bonds is 5. The Morgan fingerprint density at radius 1 is 1.14 bits per heavy atom. The Morgan fingerprint density at radius 2 is 1.76 bits per heavy atom. The lowest BCUT2D eigenvalue weighted by molar-refractivity contribution is -0.142. The van der Waals surface area contributed by atoms with Crippen LogP contribution >= 0.6 is 0 Å². The van der Waals surface area contributed by atoms with Gasteiger partial charge in [-0.05, 0) is 30.2 Å². The van der Waals surface area contributed by atoms with Gasteiger partial charge in [0, 0.05) is 12.3 Å². The molecular weight excluding hydrogens is 266 g/mol. The van der Waals surface area contributed by atoms with Gasteiger partial charge in [0.2, 0.25) is 5.91 Å². The van der Waals surface area contributed by atoms with E-state index >= 15 is 0 Å². The lowest BCUT2D eigenvalue weighted by Gasteiger charge is -2.14. The number of hydrogen-bond donors (Lipinski definition) is 2. The minimum atomic E-state index is -0.962. The number of benzene rings is 1. The van der Waals surface area contributed by atoms with Gasteiger partial charge < -0.3 is 10.4 Å². The molecule has 21 heavy (non-hydrogen) atoms. The summed E-state index contributed by atoms with van der Waals surface area (Å²) in [6.45, 7) is 0. The molecule has 112 valence electrons. The molecule has 1 amide bonds. The summed E-state index contributed by atoms with van der Waals surface area (Å²) in [6.07, 6.45) is 5.00. The van der Waals surface area contributed by atoms with Gasteiger partial charge in [-0.2, -0.15) is 0 Å². The lowest BCUT2D eigenvalue weighted by Crippen LogP contribution is -2.43. The number of carbonyl (C=O) groups is 2. The highest BCUT2D eigenvalue weighted by Gasteiger charge is 2.55. The monoisotopic (exact) mass is 287 g/mol. The maximum atomic E-state index is 12.3. The zero-order valence-corrected chi connectivity index (χ0v) is 12.0. The quantitative estimate of drug-likeness (QED) is 0.872. The molecule has 2 fully saturated rings. The Balaban J connectivity index is 1.60. The van der Waals surface area contributed by atoms with Crippen LogP contribution in [0.5, 0.6) is 0 Å². The first-order valence-corrected chi connectivity index (χ1v) is 7.74. The lowest BCUT2D eigenvalue weighted by atomic mass is 10.0. The number of carbonyl (C=O) groups excluding carboxylic acids is 1. The normalized spacial score (nSPS) is 28.3. The van der Waals surface area contributed by atoms with Crippen LogP contribution in [0.2, 0.25) is 0 Å². The van der Waals surface area contributed by atoms with Gasteiger partial charge >= 0.3 is 5.97 Å². The van der Waals surface area contributed by atoms with E-state index in [1.165, 1.54) is 12.8 Å². The number of carboxylic acids is 1. The van der Waals surface area contributed by atoms with Crippen molar-refractivity contribution in [2.24, 2.45) is 17.8 Å². The summed E-state index contributed by atoms with van der Waals surface area (Å²) < 4.78 is 0. The summed E-state index contributed by atoms with van der Waals surface area (Å²) in [5, 5.41) is 12.1. The number of aliphatic carboxylic acids is 1. The molecule has 2 unspecified atom stereocenters. The van der Waals surface area contributed by atoms with Crippen molar-refractivity contribution in [3.05, 3.63) is 35.9 Å². The molecule has 3 rings (SSSR count). The van der Waals surface area contributed by atoms with E-state index in [1.54, 1.807) is 0 Å². The molecule has 0 spiro atoms. The minimum Gasteiger partial charge on any atom is -0.480 e. The Kier molecular flexibility index (Phi) is 3.95. The largest absolute Gasteiger partial charge is 0.480 e. The highest BCUT2D eigenvalue weighted by molar-refractivity contribution is 5.87. The molecule has 1 aromatic rings. The topological polar surface area (TPSA) is 66.4 Å². The summed E-state index contributed by atoms with van der Waals surface area (Å²) in [5.74, 6) is 0.0472. The first kappa shape index (κ1) is 14.1. The number of hydrogen-bond acceptors (Lipinski definition) is 2. The zero-order chi connectivity index (χ0) is 14.8. The van der Waals surface area contributed by atoms with Crippen LogP contribution in [0.25, 0.3) is 0 Å². The van der Waals surface area contributed by atoms with Gasteiger partial charge in [-0.3, -0.25) is 4.79 Å². The SMILES string of the molecule is O=C(N[C@H](Cc1ccccc1)C(=O)O)C1C2CCCCC21. The third kappa shape index (κ3) is 3.09. The van der Waals surface area contributed by atoms with Crippen LogP contribution in [0.4, 0.5) is 0 Å². The number of fused-ring (bicyclic) bond motifs is 1. The molecular formula is C17H21NO3. The minimum absolute atomic E-state index is 0.0600. The van der Waals surface area contributed by atoms with E-state index in [0.717, 1.165) is 18.4 Å². The second kappa shape index (κ2) is 5.88. The maximum absolute atomic E-state index is 12.3. The van der Waals surface area contributed by atoms with Gasteiger partial charge in [-0.25, -0.2) is 4.79 Å². The molecule has 0 radical (unpaired) electrons. The zero-order valence-electron chi connectivity index (χ0n) is 12.0. The molecule has 0 saturated heterocycles. The van der Waals surface area contributed by atoms with Gasteiger partial charge in [-0.1, -0.05) is 43.2 Å². The van der Waals surface area contributed by atoms with Crippen LogP contribution < -0.4 is 5.32 Å². The summed E-state index contributed by atoms with van der Waals surface area (Å²) in [4.78, 5) is 23.7. The number of carboxylic acid groups (broad SMARTS) is 1. The average Bonchev–Trinajstić information content (AvgIpc) is 3.22. The molecule has 0 heterocycles. The summed E-state index contributed by atoms with van der Waals surface area (Å²) in [7, 11) is 0. The Morgan fingerprint density at radius 3 is 2.33 bits per heavy atom. The van der Waals surface area contributed by atoms with E-state index in [0.29, 0.717) is 18.3 Å². The van der Waals surface area contributed by atoms with E-state index < -0.39 is 12.0 Å². The molecule has 2 N–H and O–H groups in total. The summed E-state index contributed by atoms with van der Waals surface area (Å²) in [6, 6.07) is 8.60. The molecule has 2 saturated carbocycles. The van der Waals surface area contributed by atoms with Gasteiger partial charge in [0.15, 0.2) is 0 Å². The van der Waals surface area contributed by atoms with E-state index in [9.17, 15) is 14.7 Å². The fourth-order valence-corrected chi connectivity index (χ4v) is 3.70. The van der Waals surface area contributed by atoms with Crippen LogP contribution in [0.3, 0.4) is 0 Å². The molecule has 0 aliphatic heterocycles. The van der Waals surface area contributed by atoms with Crippen molar-refractivity contribution >= 4 is 11.9 Å². The Bertz CT molecular complexity index is 516. The first-order chi connectivity index (χ1) is 10.2. The molecule has 3 atom stereocenters. The molecule has 2 aliphatic carbocycles. The van der Waals surface area contributed by atoms with E-state index in [4.69, 9.17) is 0 Å². The third-order valence-corrected chi connectivity index (χ3v) is 4.86. The predicted molar refractivity (Wildman–Crippen MR) is 78.7 cm³/mol. The van der Waals surface area contributed by atoms with Crippen molar-refractivity contribution in [2.45, 2.75) is 38.1 Å². The second-order valence-electron chi connectivity index (χ2n) is 6.23. The summed E-state index contributed by atoms with van der Waals surface area (Å²) >= 11 is 0. The van der Waals surface area contributed by atoms with Crippen LogP contribution in [-0.2, 0) is 16.0 Å².